The van der Waals surface area contributed by atoms with Crippen LogP contribution in [0.2, 0.25) is 0 Å². The fourth-order valence-corrected chi connectivity index (χ4v) is 4.12. The molecule has 2 heterocycles. The van der Waals surface area contributed by atoms with Crippen LogP contribution in [0.1, 0.15) is 12.6 Å². The van der Waals surface area contributed by atoms with E-state index in [1.54, 1.807) is 35.2 Å². The summed E-state index contributed by atoms with van der Waals surface area (Å²) in [5.41, 5.74) is 1.71. The number of aryl methyl sites for hydroxylation is 1. The molecule has 0 bridgehead atoms. The molecule has 1 aromatic carbocycles. The van der Waals surface area contributed by atoms with E-state index < -0.39 is 0 Å². The molecule has 0 saturated carbocycles. The molecule has 1 aromatic heterocycles. The Morgan fingerprint density at radius 3 is 3.00 bits per heavy atom. The summed E-state index contributed by atoms with van der Waals surface area (Å²) in [6, 6.07) is 7.57. The molecule has 2 aromatic rings. The van der Waals surface area contributed by atoms with E-state index in [1.165, 1.54) is 0 Å². The maximum Gasteiger partial charge on any atom is 0.272 e. The molecular formula is C15H16N2O2S2. The van der Waals surface area contributed by atoms with Gasteiger partial charge in [-0.2, -0.15) is 0 Å². The van der Waals surface area contributed by atoms with Gasteiger partial charge in [-0.05, 0) is 17.9 Å². The predicted octanol–water partition coefficient (Wildman–Crippen LogP) is 3.00. The normalized spacial score (nSPS) is 13.2. The standard InChI is InChI=1S/C15H16N2O2S2/c1-3-20-15-16-10-8-9-21-13(10)14(18)17(15)11-6-4-5-7-12(11)19-2/h4-7H,3,8-9H2,1-2H3. The Labute approximate surface area is 131 Å². The fraction of sp³-hybridized carbons (Fsp3) is 0.333. The molecule has 3 rings (SSSR count). The summed E-state index contributed by atoms with van der Waals surface area (Å²) in [5, 5.41) is 0.744. The number of fused-ring (bicyclic) bond motifs is 1. The van der Waals surface area contributed by atoms with Crippen molar-refractivity contribution >= 4 is 23.5 Å². The number of hydrogen-bond donors (Lipinski definition) is 0. The highest BCUT2D eigenvalue weighted by atomic mass is 32.2. The molecule has 1 aliphatic rings. The van der Waals surface area contributed by atoms with Gasteiger partial charge in [0.15, 0.2) is 5.16 Å². The topological polar surface area (TPSA) is 44.1 Å². The van der Waals surface area contributed by atoms with Crippen LogP contribution in [0.25, 0.3) is 5.69 Å². The lowest BCUT2D eigenvalue weighted by molar-refractivity contribution is 0.411. The second-order valence-corrected chi connectivity index (χ2v) is 6.85. The van der Waals surface area contributed by atoms with E-state index in [9.17, 15) is 4.79 Å². The van der Waals surface area contributed by atoms with E-state index in [2.05, 4.69) is 6.92 Å². The van der Waals surface area contributed by atoms with Crippen LogP contribution in [0.15, 0.2) is 39.1 Å². The Bertz CT molecular complexity index is 728. The van der Waals surface area contributed by atoms with Crippen LogP contribution in [0, 0.1) is 0 Å². The van der Waals surface area contributed by atoms with Gasteiger partial charge in [0.25, 0.3) is 5.56 Å². The number of benzene rings is 1. The molecule has 1 aliphatic heterocycles. The number of hydrogen-bond acceptors (Lipinski definition) is 5. The van der Waals surface area contributed by atoms with Crippen molar-refractivity contribution in [1.29, 1.82) is 0 Å². The molecule has 21 heavy (non-hydrogen) atoms. The Hall–Kier alpha value is -1.40. The highest BCUT2D eigenvalue weighted by Crippen LogP contribution is 2.31. The Balaban J connectivity index is 2.28. The van der Waals surface area contributed by atoms with E-state index in [0.717, 1.165) is 39.4 Å². The van der Waals surface area contributed by atoms with Crippen molar-refractivity contribution in [2.45, 2.75) is 23.4 Å². The molecule has 0 N–H and O–H groups in total. The van der Waals surface area contributed by atoms with Gasteiger partial charge in [0.2, 0.25) is 0 Å². The van der Waals surface area contributed by atoms with Gasteiger partial charge in [-0.1, -0.05) is 30.8 Å². The third-order valence-electron chi connectivity index (χ3n) is 3.27. The second kappa shape index (κ2) is 6.15. The zero-order valence-corrected chi connectivity index (χ0v) is 13.6. The molecule has 0 saturated heterocycles. The van der Waals surface area contributed by atoms with Crippen LogP contribution >= 0.6 is 23.5 Å². The van der Waals surface area contributed by atoms with Crippen LogP contribution in [-0.4, -0.2) is 28.2 Å². The molecule has 0 atom stereocenters. The van der Waals surface area contributed by atoms with Gasteiger partial charge in [-0.25, -0.2) is 4.98 Å². The highest BCUT2D eigenvalue weighted by molar-refractivity contribution is 7.99. The first-order valence-electron chi connectivity index (χ1n) is 6.81. The van der Waals surface area contributed by atoms with Crippen LogP contribution in [0.3, 0.4) is 0 Å². The van der Waals surface area contributed by atoms with E-state index in [1.807, 2.05) is 24.3 Å². The molecule has 4 nitrogen and oxygen atoms in total. The smallest absolute Gasteiger partial charge is 0.272 e. The summed E-state index contributed by atoms with van der Waals surface area (Å²) in [6.07, 6.45) is 0.874. The summed E-state index contributed by atoms with van der Waals surface area (Å²) in [6.45, 7) is 2.06. The molecule has 110 valence electrons. The van der Waals surface area contributed by atoms with E-state index in [0.29, 0.717) is 5.75 Å². The third kappa shape index (κ3) is 2.58. The minimum Gasteiger partial charge on any atom is -0.495 e. The maximum atomic E-state index is 12.9. The summed E-state index contributed by atoms with van der Waals surface area (Å²) < 4.78 is 7.09. The van der Waals surface area contributed by atoms with Crippen molar-refractivity contribution in [3.8, 4) is 11.4 Å². The van der Waals surface area contributed by atoms with Gasteiger partial charge in [0.05, 0.1) is 23.4 Å². The number of ether oxygens (including phenoxy) is 1. The number of para-hydroxylation sites is 2. The first kappa shape index (κ1) is 14.5. The highest BCUT2D eigenvalue weighted by Gasteiger charge is 2.23. The van der Waals surface area contributed by atoms with Gasteiger partial charge in [-0.15, -0.1) is 11.8 Å². The van der Waals surface area contributed by atoms with Crippen molar-refractivity contribution in [2.75, 3.05) is 18.6 Å². The molecule has 0 aliphatic carbocycles. The van der Waals surface area contributed by atoms with Crippen LogP contribution in [-0.2, 0) is 6.42 Å². The molecule has 0 fully saturated rings. The molecule has 0 spiro atoms. The zero-order valence-electron chi connectivity index (χ0n) is 12.0. The first-order valence-corrected chi connectivity index (χ1v) is 8.78. The number of aromatic nitrogens is 2. The van der Waals surface area contributed by atoms with Crippen molar-refractivity contribution in [3.05, 3.63) is 40.3 Å². The summed E-state index contributed by atoms with van der Waals surface area (Å²) in [4.78, 5) is 18.3. The van der Waals surface area contributed by atoms with Crippen LogP contribution in [0.5, 0.6) is 5.75 Å². The minimum absolute atomic E-state index is 0.0166. The minimum atomic E-state index is 0.0166. The lowest BCUT2D eigenvalue weighted by atomic mass is 10.2. The monoisotopic (exact) mass is 320 g/mol. The van der Waals surface area contributed by atoms with E-state index >= 15 is 0 Å². The van der Waals surface area contributed by atoms with E-state index in [-0.39, 0.29) is 5.56 Å². The second-order valence-electron chi connectivity index (χ2n) is 4.51. The van der Waals surface area contributed by atoms with Crippen molar-refractivity contribution in [1.82, 2.24) is 9.55 Å². The summed E-state index contributed by atoms with van der Waals surface area (Å²) in [7, 11) is 1.62. The number of thioether (sulfide) groups is 2. The molecular weight excluding hydrogens is 304 g/mol. The van der Waals surface area contributed by atoms with Gasteiger partial charge < -0.3 is 4.74 Å². The van der Waals surface area contributed by atoms with Gasteiger partial charge in [-0.3, -0.25) is 9.36 Å². The lowest BCUT2D eigenvalue weighted by Crippen LogP contribution is -2.24. The van der Waals surface area contributed by atoms with Crippen molar-refractivity contribution in [2.24, 2.45) is 0 Å². The SMILES string of the molecule is CCSc1nc2c(c(=O)n1-c1ccccc1OC)SCC2. The lowest BCUT2D eigenvalue weighted by Gasteiger charge is -2.15. The van der Waals surface area contributed by atoms with Gasteiger partial charge in [0.1, 0.15) is 5.75 Å². The Kier molecular flexibility index (Phi) is 4.26. The van der Waals surface area contributed by atoms with Crippen LogP contribution < -0.4 is 10.3 Å². The largest absolute Gasteiger partial charge is 0.495 e. The Morgan fingerprint density at radius 1 is 1.43 bits per heavy atom. The molecule has 0 radical (unpaired) electrons. The first-order chi connectivity index (χ1) is 10.3. The molecule has 0 amide bonds. The van der Waals surface area contributed by atoms with E-state index in [4.69, 9.17) is 9.72 Å². The van der Waals surface area contributed by atoms with Gasteiger partial charge >= 0.3 is 0 Å². The number of nitrogens with zero attached hydrogens (tertiary/aromatic N) is 2. The summed E-state index contributed by atoms with van der Waals surface area (Å²) >= 11 is 3.18. The maximum absolute atomic E-state index is 12.9. The number of methoxy groups -OCH3 is 1. The van der Waals surface area contributed by atoms with Gasteiger partial charge in [0, 0.05) is 12.2 Å². The Morgan fingerprint density at radius 2 is 2.24 bits per heavy atom. The average Bonchev–Trinajstić information content (AvgIpc) is 2.97. The molecule has 0 unspecified atom stereocenters. The fourth-order valence-electron chi connectivity index (χ4n) is 2.35. The quantitative estimate of drug-likeness (QED) is 0.640. The predicted molar refractivity (Wildman–Crippen MR) is 87.2 cm³/mol. The average molecular weight is 320 g/mol. The van der Waals surface area contributed by atoms with Crippen LogP contribution in [0.4, 0.5) is 0 Å². The third-order valence-corrected chi connectivity index (χ3v) is 5.19. The van der Waals surface area contributed by atoms with Crippen molar-refractivity contribution in [3.63, 3.8) is 0 Å². The zero-order chi connectivity index (χ0) is 14.8. The van der Waals surface area contributed by atoms with Crippen molar-refractivity contribution < 1.29 is 4.74 Å². The molecule has 6 heteroatoms. The number of rotatable bonds is 4. The summed E-state index contributed by atoms with van der Waals surface area (Å²) in [5.74, 6) is 2.49.